The summed E-state index contributed by atoms with van der Waals surface area (Å²) in [5, 5.41) is 3.53. The summed E-state index contributed by atoms with van der Waals surface area (Å²) in [5.41, 5.74) is 1.40. The largest absolute Gasteiger partial charge is 0.494 e. The maximum atomic E-state index is 5.79. The molecule has 1 rings (SSSR count). The minimum Gasteiger partial charge on any atom is -0.494 e. The Morgan fingerprint density at radius 1 is 0.773 bits per heavy atom. The number of unbranched alkanes of at least 4 members (excludes halogenated alkanes) is 5. The van der Waals surface area contributed by atoms with Crippen LogP contribution >= 0.6 is 0 Å². The average molecular weight is 306 g/mol. The molecule has 126 valence electrons. The first-order valence-corrected chi connectivity index (χ1v) is 9.29. The Balaban J connectivity index is 1.90. The van der Waals surface area contributed by atoms with E-state index in [1.165, 1.54) is 57.1 Å². The molecule has 0 aliphatic carbocycles. The molecule has 0 heterocycles. The van der Waals surface area contributed by atoms with Crippen LogP contribution in [0.2, 0.25) is 0 Å². The summed E-state index contributed by atoms with van der Waals surface area (Å²) in [5.74, 6) is 1.01. The lowest BCUT2D eigenvalue weighted by molar-refractivity contribution is 0.305. The van der Waals surface area contributed by atoms with E-state index in [1.807, 2.05) is 0 Å². The van der Waals surface area contributed by atoms with E-state index < -0.39 is 0 Å². The van der Waals surface area contributed by atoms with Crippen molar-refractivity contribution in [3.63, 3.8) is 0 Å². The lowest BCUT2D eigenvalue weighted by Gasteiger charge is -2.07. The number of ether oxygens (including phenoxy) is 1. The third kappa shape index (κ3) is 9.83. The van der Waals surface area contributed by atoms with E-state index in [2.05, 4.69) is 43.4 Å². The summed E-state index contributed by atoms with van der Waals surface area (Å²) in [7, 11) is 0. The van der Waals surface area contributed by atoms with Crippen molar-refractivity contribution in [3.05, 3.63) is 29.8 Å². The summed E-state index contributed by atoms with van der Waals surface area (Å²) in [6.07, 6.45) is 11.4. The topological polar surface area (TPSA) is 21.3 Å². The monoisotopic (exact) mass is 305 g/mol. The maximum absolute atomic E-state index is 5.79. The van der Waals surface area contributed by atoms with Gasteiger partial charge >= 0.3 is 0 Å². The van der Waals surface area contributed by atoms with E-state index in [0.717, 1.165) is 31.7 Å². The fraction of sp³-hybridized carbons (Fsp3) is 0.700. The molecule has 22 heavy (non-hydrogen) atoms. The third-order valence-electron chi connectivity index (χ3n) is 3.94. The van der Waals surface area contributed by atoms with Gasteiger partial charge in [-0.3, -0.25) is 0 Å². The van der Waals surface area contributed by atoms with Crippen molar-refractivity contribution in [2.45, 2.75) is 71.6 Å². The number of aryl methyl sites for hydroxylation is 1. The molecule has 0 aliphatic rings. The third-order valence-corrected chi connectivity index (χ3v) is 3.94. The summed E-state index contributed by atoms with van der Waals surface area (Å²) in [6.45, 7) is 7.64. The van der Waals surface area contributed by atoms with Crippen LogP contribution in [0.25, 0.3) is 0 Å². The zero-order chi connectivity index (χ0) is 15.9. The summed E-state index contributed by atoms with van der Waals surface area (Å²) < 4.78 is 5.79. The summed E-state index contributed by atoms with van der Waals surface area (Å²) in [6, 6.07) is 8.56. The molecule has 0 saturated heterocycles. The molecule has 1 aromatic rings. The molecule has 0 amide bonds. The van der Waals surface area contributed by atoms with E-state index >= 15 is 0 Å². The second-order valence-corrected chi connectivity index (χ2v) is 6.11. The standard InChI is InChI=1S/C20H35NO/c1-3-5-6-8-16-21-17-9-7-10-18-22-20-14-12-19(11-4-2)13-15-20/h12-15,21H,3-11,16-18H2,1-2H3. The van der Waals surface area contributed by atoms with E-state index in [-0.39, 0.29) is 0 Å². The summed E-state index contributed by atoms with van der Waals surface area (Å²) in [4.78, 5) is 0. The van der Waals surface area contributed by atoms with Crippen molar-refractivity contribution in [1.29, 1.82) is 0 Å². The molecular formula is C20H35NO. The van der Waals surface area contributed by atoms with E-state index in [9.17, 15) is 0 Å². The highest BCUT2D eigenvalue weighted by atomic mass is 16.5. The van der Waals surface area contributed by atoms with E-state index in [1.54, 1.807) is 0 Å². The Hall–Kier alpha value is -1.02. The molecule has 0 spiro atoms. The SMILES string of the molecule is CCCCCCNCCCCCOc1ccc(CCC)cc1. The second kappa shape index (κ2) is 13.6. The fourth-order valence-electron chi connectivity index (χ4n) is 2.56. The zero-order valence-corrected chi connectivity index (χ0v) is 14.7. The first-order valence-electron chi connectivity index (χ1n) is 9.29. The average Bonchev–Trinajstić information content (AvgIpc) is 2.54. The highest BCUT2D eigenvalue weighted by molar-refractivity contribution is 5.27. The minimum absolute atomic E-state index is 0.837. The predicted octanol–water partition coefficient (Wildman–Crippen LogP) is 5.36. The van der Waals surface area contributed by atoms with Crippen LogP contribution in [0.1, 0.15) is 70.8 Å². The predicted molar refractivity (Wildman–Crippen MR) is 96.8 cm³/mol. The van der Waals surface area contributed by atoms with Crippen LogP contribution in [0.15, 0.2) is 24.3 Å². The Morgan fingerprint density at radius 3 is 2.09 bits per heavy atom. The minimum atomic E-state index is 0.837. The van der Waals surface area contributed by atoms with Crippen molar-refractivity contribution in [2.24, 2.45) is 0 Å². The maximum Gasteiger partial charge on any atom is 0.119 e. The zero-order valence-electron chi connectivity index (χ0n) is 14.7. The smallest absolute Gasteiger partial charge is 0.119 e. The van der Waals surface area contributed by atoms with Crippen LogP contribution in [-0.4, -0.2) is 19.7 Å². The van der Waals surface area contributed by atoms with Gasteiger partial charge in [-0.15, -0.1) is 0 Å². The van der Waals surface area contributed by atoms with Gasteiger partial charge in [0.15, 0.2) is 0 Å². The van der Waals surface area contributed by atoms with Gasteiger partial charge in [0.25, 0.3) is 0 Å². The first kappa shape index (κ1) is 19.0. The summed E-state index contributed by atoms with van der Waals surface area (Å²) >= 11 is 0. The lowest BCUT2D eigenvalue weighted by atomic mass is 10.1. The van der Waals surface area contributed by atoms with Gasteiger partial charge in [0.1, 0.15) is 5.75 Å². The number of nitrogens with one attached hydrogen (secondary N) is 1. The molecule has 0 unspecified atom stereocenters. The highest BCUT2D eigenvalue weighted by Crippen LogP contribution is 2.13. The van der Waals surface area contributed by atoms with Crippen LogP contribution in [0.3, 0.4) is 0 Å². The van der Waals surface area contributed by atoms with Gasteiger partial charge in [0.05, 0.1) is 6.61 Å². The molecule has 1 N–H and O–H groups in total. The molecule has 0 radical (unpaired) electrons. The van der Waals surface area contributed by atoms with Crippen molar-refractivity contribution in [2.75, 3.05) is 19.7 Å². The molecule has 1 aromatic carbocycles. The molecule has 2 heteroatoms. The van der Waals surface area contributed by atoms with Crippen LogP contribution in [0, 0.1) is 0 Å². The molecule has 0 fully saturated rings. The Labute approximate surface area is 137 Å². The van der Waals surface area contributed by atoms with Gasteiger partial charge in [-0.05, 0) is 62.9 Å². The number of hydrogen-bond acceptors (Lipinski definition) is 2. The fourth-order valence-corrected chi connectivity index (χ4v) is 2.56. The number of benzene rings is 1. The molecule has 0 atom stereocenters. The number of hydrogen-bond donors (Lipinski definition) is 1. The van der Waals surface area contributed by atoms with Crippen molar-refractivity contribution in [1.82, 2.24) is 5.32 Å². The van der Waals surface area contributed by atoms with Crippen LogP contribution in [0.4, 0.5) is 0 Å². The lowest BCUT2D eigenvalue weighted by Crippen LogP contribution is -2.16. The number of rotatable bonds is 14. The van der Waals surface area contributed by atoms with E-state index in [4.69, 9.17) is 4.74 Å². The second-order valence-electron chi connectivity index (χ2n) is 6.11. The van der Waals surface area contributed by atoms with Crippen molar-refractivity contribution >= 4 is 0 Å². The molecule has 0 bridgehead atoms. The first-order chi connectivity index (χ1) is 10.9. The Bertz CT molecular complexity index is 347. The van der Waals surface area contributed by atoms with Gasteiger partial charge < -0.3 is 10.1 Å². The van der Waals surface area contributed by atoms with Crippen LogP contribution in [0.5, 0.6) is 5.75 Å². The van der Waals surface area contributed by atoms with Crippen LogP contribution in [-0.2, 0) is 6.42 Å². The molecule has 0 saturated carbocycles. The van der Waals surface area contributed by atoms with Crippen LogP contribution < -0.4 is 10.1 Å². The van der Waals surface area contributed by atoms with Gasteiger partial charge in [-0.25, -0.2) is 0 Å². The van der Waals surface area contributed by atoms with Crippen molar-refractivity contribution in [3.8, 4) is 5.75 Å². The normalized spacial score (nSPS) is 10.8. The van der Waals surface area contributed by atoms with E-state index in [0.29, 0.717) is 0 Å². The Morgan fingerprint density at radius 2 is 1.45 bits per heavy atom. The quantitative estimate of drug-likeness (QED) is 0.467. The van der Waals surface area contributed by atoms with Gasteiger partial charge in [0.2, 0.25) is 0 Å². The van der Waals surface area contributed by atoms with Gasteiger partial charge in [-0.1, -0.05) is 51.7 Å². The van der Waals surface area contributed by atoms with Crippen molar-refractivity contribution < 1.29 is 4.74 Å². The molecule has 2 nitrogen and oxygen atoms in total. The highest BCUT2D eigenvalue weighted by Gasteiger charge is 1.96. The van der Waals surface area contributed by atoms with Gasteiger partial charge in [-0.2, -0.15) is 0 Å². The van der Waals surface area contributed by atoms with Gasteiger partial charge in [0, 0.05) is 0 Å². The molecular weight excluding hydrogens is 270 g/mol. The molecule has 0 aliphatic heterocycles. The molecule has 0 aromatic heterocycles. The Kier molecular flexibility index (Phi) is 11.8.